The Hall–Kier alpha value is -1.83. The average Bonchev–Trinajstić information content (AvgIpc) is 2.38. The quantitative estimate of drug-likeness (QED) is 0.503. The van der Waals surface area contributed by atoms with Crippen LogP contribution in [0.15, 0.2) is 17.5 Å². The van der Waals surface area contributed by atoms with Crippen molar-refractivity contribution < 1.29 is 0 Å². The first-order valence-corrected chi connectivity index (χ1v) is 3.13. The third-order valence-electron chi connectivity index (χ3n) is 1.26. The Morgan fingerprint density at radius 2 is 2.55 bits per heavy atom. The van der Waals surface area contributed by atoms with Crippen molar-refractivity contribution in [1.82, 2.24) is 14.6 Å². The lowest BCUT2D eigenvalue weighted by Crippen LogP contribution is -2.06. The van der Waals surface area contributed by atoms with Crippen LogP contribution in [-0.2, 0) is 0 Å². The largest absolute Gasteiger partial charge is 0.471 e. The molecule has 1 aliphatic rings. The van der Waals surface area contributed by atoms with E-state index in [2.05, 4.69) is 21.1 Å². The van der Waals surface area contributed by atoms with Gasteiger partial charge in [0.25, 0.3) is 6.19 Å². The van der Waals surface area contributed by atoms with Crippen molar-refractivity contribution in [3.8, 4) is 6.19 Å². The monoisotopic (exact) mass is 148 g/mol. The summed E-state index contributed by atoms with van der Waals surface area (Å²) >= 11 is 0. The summed E-state index contributed by atoms with van der Waals surface area (Å²) in [5.41, 5.74) is 0. The number of hydrogen-bond donors (Lipinski definition) is 0. The number of imidazole rings is 1. The first-order chi connectivity index (χ1) is 5.36. The van der Waals surface area contributed by atoms with E-state index in [1.54, 1.807) is 35.4 Å². The Balaban J connectivity index is 2.54. The van der Waals surface area contributed by atoms with Crippen molar-refractivity contribution in [3.63, 3.8) is 0 Å². The van der Waals surface area contributed by atoms with Crippen LogP contribution in [0.1, 0.15) is 0 Å². The second kappa shape index (κ2) is 2.09. The van der Waals surface area contributed by atoms with Crippen molar-refractivity contribution in [2.24, 2.45) is 5.10 Å². The molecule has 0 saturated heterocycles. The van der Waals surface area contributed by atoms with Crippen LogP contribution < -0.4 is 0 Å². The molecule has 0 saturated carbocycles. The first-order valence-electron chi connectivity index (χ1n) is 3.13. The molecule has 0 spiro atoms. The van der Waals surface area contributed by atoms with Crippen molar-refractivity contribution in [2.45, 2.75) is 0 Å². The molecule has 54 valence electrons. The van der Waals surface area contributed by atoms with Gasteiger partial charge in [-0.25, -0.2) is 4.90 Å². The average molecular weight is 148 g/mol. The minimum Gasteiger partial charge on any atom is -0.218 e. The second-order valence-electron chi connectivity index (χ2n) is 2.13. The van der Waals surface area contributed by atoms with Gasteiger partial charge in [-0.15, -0.1) is 4.68 Å². The summed E-state index contributed by atoms with van der Waals surface area (Å²) in [6.07, 6.45) is 7.70. The predicted molar refractivity (Wildman–Crippen MR) is 40.8 cm³/mol. The maximum atomic E-state index is 4.03. The summed E-state index contributed by atoms with van der Waals surface area (Å²) in [7, 11) is 1.80. The van der Waals surface area contributed by atoms with Gasteiger partial charge in [0.05, 0.1) is 7.05 Å². The molecule has 0 unspecified atom stereocenters. The van der Waals surface area contributed by atoms with Crippen molar-refractivity contribution >= 4 is 12.3 Å². The second-order valence-corrected chi connectivity index (χ2v) is 2.13. The van der Waals surface area contributed by atoms with Gasteiger partial charge < -0.3 is 0 Å². The van der Waals surface area contributed by atoms with Gasteiger partial charge in [0.1, 0.15) is 12.4 Å². The molecule has 2 heterocycles. The third-order valence-corrected chi connectivity index (χ3v) is 1.26. The zero-order chi connectivity index (χ0) is 7.68. The molecule has 1 aromatic heterocycles. The fourth-order valence-electron chi connectivity index (χ4n) is 0.742. The molecule has 0 radical (unpaired) electrons. The van der Waals surface area contributed by atoms with E-state index in [1.807, 2.05) is 0 Å². The molecule has 0 aromatic carbocycles. The van der Waals surface area contributed by atoms with Gasteiger partial charge in [-0.3, -0.25) is 0 Å². The SMILES string of the molecule is CN1C#[N+]c2nccn2N=C1. The number of rotatable bonds is 0. The van der Waals surface area contributed by atoms with Crippen LogP contribution in [0, 0.1) is 6.19 Å². The molecule has 5 nitrogen and oxygen atoms in total. The normalized spacial score (nSPS) is 13.4. The fraction of sp³-hybridized carbons (Fsp3) is 0.167. The van der Waals surface area contributed by atoms with E-state index < -0.39 is 0 Å². The highest BCUT2D eigenvalue weighted by Crippen LogP contribution is 2.09. The highest BCUT2D eigenvalue weighted by Gasteiger charge is 2.10. The molecule has 11 heavy (non-hydrogen) atoms. The zero-order valence-corrected chi connectivity index (χ0v) is 5.97. The molecular weight excluding hydrogens is 142 g/mol. The Kier molecular flexibility index (Phi) is 1.13. The number of fused-ring (bicyclic) bond motifs is 1. The summed E-state index contributed by atoms with van der Waals surface area (Å²) in [5, 5.41) is 4.03. The highest BCUT2D eigenvalue weighted by molar-refractivity contribution is 5.59. The van der Waals surface area contributed by atoms with Crippen LogP contribution >= 0.6 is 0 Å². The van der Waals surface area contributed by atoms with Gasteiger partial charge in [0.2, 0.25) is 0 Å². The molecule has 0 bridgehead atoms. The fourth-order valence-corrected chi connectivity index (χ4v) is 0.742. The molecule has 0 N–H and O–H groups in total. The predicted octanol–water partition coefficient (Wildman–Crippen LogP) is 0.542. The zero-order valence-electron chi connectivity index (χ0n) is 5.97. The van der Waals surface area contributed by atoms with E-state index in [0.29, 0.717) is 5.95 Å². The lowest BCUT2D eigenvalue weighted by Gasteiger charge is -1.88. The molecule has 0 amide bonds. The number of aromatic nitrogens is 2. The molecule has 0 atom stereocenters. The Labute approximate surface area is 63.4 Å². The van der Waals surface area contributed by atoms with E-state index in [0.717, 1.165) is 0 Å². The van der Waals surface area contributed by atoms with E-state index in [-0.39, 0.29) is 0 Å². The number of nitrogens with zero attached hydrogens (tertiary/aromatic N) is 5. The summed E-state index contributed by atoms with van der Waals surface area (Å²) in [4.78, 5) is 9.51. The van der Waals surface area contributed by atoms with E-state index in [1.165, 1.54) is 0 Å². The summed E-state index contributed by atoms with van der Waals surface area (Å²) < 4.78 is 1.58. The lowest BCUT2D eigenvalue weighted by atomic mass is 10.9. The van der Waals surface area contributed by atoms with E-state index >= 15 is 0 Å². The molecule has 1 aromatic rings. The van der Waals surface area contributed by atoms with Crippen LogP contribution in [0.4, 0.5) is 5.95 Å². The van der Waals surface area contributed by atoms with Crippen molar-refractivity contribution in [1.29, 1.82) is 0 Å². The summed E-state index contributed by atoms with van der Waals surface area (Å²) in [5.74, 6) is 0.547. The van der Waals surface area contributed by atoms with Gasteiger partial charge in [-0.1, -0.05) is 10.1 Å². The molecular formula is C6H6N5+. The minimum atomic E-state index is 0.547. The number of hydrogen-bond acceptors (Lipinski definition) is 3. The van der Waals surface area contributed by atoms with Crippen LogP contribution in [0.5, 0.6) is 0 Å². The van der Waals surface area contributed by atoms with Crippen molar-refractivity contribution in [2.75, 3.05) is 7.05 Å². The minimum absolute atomic E-state index is 0.547. The van der Waals surface area contributed by atoms with Gasteiger partial charge in [0.15, 0.2) is 6.34 Å². The summed E-state index contributed by atoms with van der Waals surface area (Å²) in [6.45, 7) is 0. The van der Waals surface area contributed by atoms with Gasteiger partial charge in [0, 0.05) is 0 Å². The van der Waals surface area contributed by atoms with E-state index in [4.69, 9.17) is 0 Å². The standard InChI is InChI=1S/C6H6N5/c1-10-4-8-6-7-2-3-11(6)9-5-10/h2-3,5H,1H3/q+1. The lowest BCUT2D eigenvalue weighted by molar-refractivity contribution is 0.737. The van der Waals surface area contributed by atoms with Gasteiger partial charge in [-0.2, -0.15) is 4.85 Å². The van der Waals surface area contributed by atoms with Crippen LogP contribution in [0.3, 0.4) is 0 Å². The maximum absolute atomic E-state index is 4.03. The maximum Gasteiger partial charge on any atom is 0.471 e. The molecule has 5 heteroatoms. The van der Waals surface area contributed by atoms with Crippen molar-refractivity contribution in [3.05, 3.63) is 17.2 Å². The first kappa shape index (κ1) is 5.92. The molecule has 0 aliphatic carbocycles. The van der Waals surface area contributed by atoms with Crippen LogP contribution in [0.2, 0.25) is 0 Å². The molecule has 2 rings (SSSR count). The van der Waals surface area contributed by atoms with E-state index in [9.17, 15) is 0 Å². The van der Waals surface area contributed by atoms with Gasteiger partial charge in [-0.05, 0) is 0 Å². The van der Waals surface area contributed by atoms with Crippen LogP contribution in [0.25, 0.3) is 4.85 Å². The summed E-state index contributed by atoms with van der Waals surface area (Å²) in [6, 6.07) is 0. The van der Waals surface area contributed by atoms with Gasteiger partial charge >= 0.3 is 5.95 Å². The smallest absolute Gasteiger partial charge is 0.218 e. The topological polar surface area (TPSA) is 37.8 Å². The Morgan fingerprint density at radius 1 is 1.64 bits per heavy atom. The highest BCUT2D eigenvalue weighted by atomic mass is 15.4. The Bertz CT molecular complexity index is 353. The molecule has 0 fully saturated rings. The Morgan fingerprint density at radius 3 is 3.45 bits per heavy atom. The third kappa shape index (κ3) is 0.942. The van der Waals surface area contributed by atoms with Crippen LogP contribution in [-0.4, -0.2) is 27.9 Å². The molecule has 1 aliphatic heterocycles.